The number of benzene rings is 1. The SMILES string of the molecule is c1cc(-c2noc(-c3ccc4c(c3)nnn4C3CCCC3)n2)ccn1. The molecule has 0 spiro atoms. The van der Waals surface area contributed by atoms with Crippen LogP contribution in [-0.4, -0.2) is 30.1 Å². The van der Waals surface area contributed by atoms with Gasteiger partial charge < -0.3 is 4.52 Å². The second-order valence-electron chi connectivity index (χ2n) is 6.33. The van der Waals surface area contributed by atoms with E-state index in [-0.39, 0.29) is 0 Å². The Morgan fingerprint density at radius 1 is 1.00 bits per heavy atom. The van der Waals surface area contributed by atoms with E-state index in [1.165, 1.54) is 25.7 Å². The van der Waals surface area contributed by atoms with Crippen LogP contribution in [-0.2, 0) is 0 Å². The highest BCUT2D eigenvalue weighted by Crippen LogP contribution is 2.32. The minimum atomic E-state index is 0.470. The van der Waals surface area contributed by atoms with Gasteiger partial charge in [0, 0.05) is 23.5 Å². The van der Waals surface area contributed by atoms with E-state index in [1.807, 2.05) is 30.3 Å². The third-order valence-electron chi connectivity index (χ3n) is 4.75. The Morgan fingerprint density at radius 3 is 2.68 bits per heavy atom. The van der Waals surface area contributed by atoms with Gasteiger partial charge in [0.25, 0.3) is 5.89 Å². The molecule has 1 fully saturated rings. The molecule has 0 amide bonds. The lowest BCUT2D eigenvalue weighted by Crippen LogP contribution is -2.06. The van der Waals surface area contributed by atoms with Gasteiger partial charge in [-0.25, -0.2) is 4.68 Å². The molecule has 0 atom stereocenters. The van der Waals surface area contributed by atoms with Crippen LogP contribution in [0.5, 0.6) is 0 Å². The van der Waals surface area contributed by atoms with Crippen LogP contribution in [0, 0.1) is 0 Å². The molecule has 1 aromatic carbocycles. The Balaban J connectivity index is 1.50. The first-order valence-corrected chi connectivity index (χ1v) is 8.48. The van der Waals surface area contributed by atoms with E-state index in [4.69, 9.17) is 4.52 Å². The maximum Gasteiger partial charge on any atom is 0.258 e. The lowest BCUT2D eigenvalue weighted by Gasteiger charge is -2.09. The van der Waals surface area contributed by atoms with Crippen LogP contribution in [0.25, 0.3) is 33.9 Å². The van der Waals surface area contributed by atoms with Gasteiger partial charge in [0.05, 0.1) is 11.6 Å². The summed E-state index contributed by atoms with van der Waals surface area (Å²) in [6, 6.07) is 10.2. The molecule has 7 heteroatoms. The summed E-state index contributed by atoms with van der Waals surface area (Å²) >= 11 is 0. The average Bonchev–Trinajstić information content (AvgIpc) is 3.41. The molecule has 0 aliphatic heterocycles. The fraction of sp³-hybridized carbons (Fsp3) is 0.278. The van der Waals surface area contributed by atoms with Crippen molar-refractivity contribution in [1.82, 2.24) is 30.1 Å². The molecule has 0 N–H and O–H groups in total. The Morgan fingerprint density at radius 2 is 1.84 bits per heavy atom. The molecule has 1 aliphatic rings. The molecule has 0 radical (unpaired) electrons. The van der Waals surface area contributed by atoms with Crippen molar-refractivity contribution in [1.29, 1.82) is 0 Å². The molecule has 0 unspecified atom stereocenters. The number of fused-ring (bicyclic) bond motifs is 1. The predicted octanol–water partition coefficient (Wildman–Crippen LogP) is 3.66. The lowest BCUT2D eigenvalue weighted by atomic mass is 10.2. The first kappa shape index (κ1) is 14.3. The second kappa shape index (κ2) is 5.77. The molecular weight excluding hydrogens is 316 g/mol. The van der Waals surface area contributed by atoms with Gasteiger partial charge in [0.1, 0.15) is 5.52 Å². The first-order valence-electron chi connectivity index (χ1n) is 8.48. The zero-order valence-electron chi connectivity index (χ0n) is 13.5. The van der Waals surface area contributed by atoms with Crippen molar-refractivity contribution in [3.8, 4) is 22.8 Å². The standard InChI is InChI=1S/C18H16N6O/c1-2-4-14(3-1)24-16-6-5-13(11-15(16)21-23-24)18-20-17(22-25-18)12-7-9-19-10-8-12/h5-11,14H,1-4H2. The number of nitrogens with zero attached hydrogens (tertiary/aromatic N) is 6. The van der Waals surface area contributed by atoms with E-state index in [9.17, 15) is 0 Å². The molecule has 1 aliphatic carbocycles. The van der Waals surface area contributed by atoms with Crippen LogP contribution in [0.1, 0.15) is 31.7 Å². The number of pyridine rings is 1. The number of aromatic nitrogens is 6. The number of rotatable bonds is 3. The van der Waals surface area contributed by atoms with Gasteiger partial charge in [0.15, 0.2) is 0 Å². The van der Waals surface area contributed by atoms with Gasteiger partial charge in [-0.1, -0.05) is 23.2 Å². The first-order chi connectivity index (χ1) is 12.4. The zero-order valence-corrected chi connectivity index (χ0v) is 13.5. The van der Waals surface area contributed by atoms with Gasteiger partial charge in [-0.3, -0.25) is 4.98 Å². The van der Waals surface area contributed by atoms with Crippen LogP contribution in [0.4, 0.5) is 0 Å². The largest absolute Gasteiger partial charge is 0.334 e. The zero-order chi connectivity index (χ0) is 16.6. The maximum atomic E-state index is 5.42. The highest BCUT2D eigenvalue weighted by molar-refractivity contribution is 5.80. The van der Waals surface area contributed by atoms with Crippen LogP contribution >= 0.6 is 0 Å². The van der Waals surface area contributed by atoms with Crippen molar-refractivity contribution >= 4 is 11.0 Å². The van der Waals surface area contributed by atoms with Gasteiger partial charge in [0.2, 0.25) is 5.82 Å². The van der Waals surface area contributed by atoms with E-state index >= 15 is 0 Å². The van der Waals surface area contributed by atoms with Gasteiger partial charge in [-0.2, -0.15) is 4.98 Å². The molecule has 25 heavy (non-hydrogen) atoms. The second-order valence-corrected chi connectivity index (χ2v) is 6.33. The number of hydrogen-bond acceptors (Lipinski definition) is 6. The van der Waals surface area contributed by atoms with Crippen molar-refractivity contribution < 1.29 is 4.52 Å². The molecule has 5 rings (SSSR count). The van der Waals surface area contributed by atoms with E-state index < -0.39 is 0 Å². The molecule has 3 aromatic heterocycles. The van der Waals surface area contributed by atoms with E-state index in [0.717, 1.165) is 22.2 Å². The highest BCUT2D eigenvalue weighted by atomic mass is 16.5. The molecule has 124 valence electrons. The lowest BCUT2D eigenvalue weighted by molar-refractivity contribution is 0.432. The van der Waals surface area contributed by atoms with E-state index in [0.29, 0.717) is 17.8 Å². The molecule has 0 saturated heterocycles. The van der Waals surface area contributed by atoms with Crippen LogP contribution in [0.15, 0.2) is 47.2 Å². The van der Waals surface area contributed by atoms with Crippen molar-refractivity contribution in [3.05, 3.63) is 42.7 Å². The number of hydrogen-bond donors (Lipinski definition) is 0. The topological polar surface area (TPSA) is 82.5 Å². The fourth-order valence-electron chi connectivity index (χ4n) is 3.45. The summed E-state index contributed by atoms with van der Waals surface area (Å²) in [6.45, 7) is 0. The molecule has 7 nitrogen and oxygen atoms in total. The monoisotopic (exact) mass is 332 g/mol. The third-order valence-corrected chi connectivity index (χ3v) is 4.75. The van der Waals surface area contributed by atoms with Gasteiger partial charge >= 0.3 is 0 Å². The van der Waals surface area contributed by atoms with Gasteiger partial charge in [-0.15, -0.1) is 5.10 Å². The Labute approximate surface area is 143 Å². The molecule has 0 bridgehead atoms. The normalized spacial score (nSPS) is 15.2. The van der Waals surface area contributed by atoms with Crippen molar-refractivity contribution in [3.63, 3.8) is 0 Å². The highest BCUT2D eigenvalue weighted by Gasteiger charge is 2.20. The summed E-state index contributed by atoms with van der Waals surface area (Å²) in [5.74, 6) is 1.02. The average molecular weight is 332 g/mol. The maximum absolute atomic E-state index is 5.42. The van der Waals surface area contributed by atoms with Gasteiger partial charge in [-0.05, 0) is 43.2 Å². The Hall–Kier alpha value is -3.09. The summed E-state index contributed by atoms with van der Waals surface area (Å²) in [5.41, 5.74) is 3.63. The fourth-order valence-corrected chi connectivity index (χ4v) is 3.45. The molecule has 1 saturated carbocycles. The molecule has 4 aromatic rings. The third kappa shape index (κ3) is 2.48. The summed E-state index contributed by atoms with van der Waals surface area (Å²) in [4.78, 5) is 8.48. The summed E-state index contributed by atoms with van der Waals surface area (Å²) < 4.78 is 7.48. The predicted molar refractivity (Wildman–Crippen MR) is 91.6 cm³/mol. The summed E-state index contributed by atoms with van der Waals surface area (Å²) in [5, 5.41) is 12.7. The molecular formula is C18H16N6O. The smallest absolute Gasteiger partial charge is 0.258 e. The molecule has 3 heterocycles. The quantitative estimate of drug-likeness (QED) is 0.569. The minimum Gasteiger partial charge on any atom is -0.334 e. The minimum absolute atomic E-state index is 0.470. The van der Waals surface area contributed by atoms with Crippen LogP contribution < -0.4 is 0 Å². The van der Waals surface area contributed by atoms with Crippen molar-refractivity contribution in [2.45, 2.75) is 31.7 Å². The van der Waals surface area contributed by atoms with Crippen LogP contribution in [0.3, 0.4) is 0 Å². The summed E-state index contributed by atoms with van der Waals surface area (Å²) in [6.07, 6.45) is 8.31. The summed E-state index contributed by atoms with van der Waals surface area (Å²) in [7, 11) is 0. The van der Waals surface area contributed by atoms with Crippen molar-refractivity contribution in [2.75, 3.05) is 0 Å². The van der Waals surface area contributed by atoms with E-state index in [2.05, 4.69) is 30.1 Å². The Bertz CT molecular complexity index is 1020. The van der Waals surface area contributed by atoms with Crippen LogP contribution in [0.2, 0.25) is 0 Å². The Kier molecular flexibility index (Phi) is 3.29. The van der Waals surface area contributed by atoms with E-state index in [1.54, 1.807) is 12.4 Å². The van der Waals surface area contributed by atoms with Crippen molar-refractivity contribution in [2.24, 2.45) is 0 Å².